The number of H-pyrrole nitrogens is 1. The van der Waals surface area contributed by atoms with Crippen LogP contribution in [0.1, 0.15) is 30.5 Å². The number of nitrogens with two attached hydrogens (primary N) is 1. The van der Waals surface area contributed by atoms with Gasteiger partial charge in [-0.05, 0) is 33.0 Å². The Labute approximate surface area is 204 Å². The van der Waals surface area contributed by atoms with Crippen molar-refractivity contribution in [2.24, 2.45) is 0 Å². The largest absolute Gasteiger partial charge is 0.417 e. The van der Waals surface area contributed by atoms with Crippen LogP contribution in [0.25, 0.3) is 22.3 Å². The lowest BCUT2D eigenvalue weighted by atomic mass is 10.1. The number of likely N-dealkylation sites (N-methyl/N-ethyl adjacent to an activating group) is 1. The van der Waals surface area contributed by atoms with Gasteiger partial charge in [0.15, 0.2) is 0 Å². The zero-order valence-electron chi connectivity index (χ0n) is 19.6. The van der Waals surface area contributed by atoms with Crippen LogP contribution < -0.4 is 16.4 Å². The Kier molecular flexibility index (Phi) is 6.08. The molecule has 1 fully saturated rings. The summed E-state index contributed by atoms with van der Waals surface area (Å²) in [7, 11) is 2.08. The Morgan fingerprint density at radius 3 is 2.56 bits per heavy atom. The van der Waals surface area contributed by atoms with Gasteiger partial charge in [0.25, 0.3) is 0 Å². The number of alkyl halides is 3. The third-order valence-electron chi connectivity index (χ3n) is 6.17. The molecule has 0 aliphatic carbocycles. The number of aromatic amines is 1. The van der Waals surface area contributed by atoms with Crippen molar-refractivity contribution in [1.29, 1.82) is 0 Å². The molecule has 0 unspecified atom stereocenters. The molecule has 5 N–H and O–H groups in total. The fourth-order valence-electron chi connectivity index (χ4n) is 4.18. The molecule has 36 heavy (non-hydrogen) atoms. The molecule has 0 amide bonds. The van der Waals surface area contributed by atoms with E-state index in [0.29, 0.717) is 28.9 Å². The molecular weight excluding hydrogens is 473 g/mol. The first-order chi connectivity index (χ1) is 17.2. The predicted molar refractivity (Wildman–Crippen MR) is 130 cm³/mol. The standard InChI is InChI=1S/C23H25F3N10/c1-12(13-6-30-21(31-7-13)34-15-3-4-36(2)11-15)33-22-32-10-18(27)19(35-22)17-9-29-20-16(17)5-14(8-28-20)23(24,25)26/h5-10,12,15H,3-4,11,27H2,1-2H3,(H,28,29)(H,30,31,34)(H,32,33,35)/t12-,15+/m1/s1. The highest BCUT2D eigenvalue weighted by Crippen LogP contribution is 2.35. The van der Waals surface area contributed by atoms with E-state index in [9.17, 15) is 13.2 Å². The quantitative estimate of drug-likeness (QED) is 0.314. The first kappa shape index (κ1) is 23.7. The van der Waals surface area contributed by atoms with Gasteiger partial charge in [-0.25, -0.2) is 24.9 Å². The number of pyridine rings is 1. The van der Waals surface area contributed by atoms with Crippen LogP contribution in [0.4, 0.5) is 30.8 Å². The van der Waals surface area contributed by atoms with Crippen molar-refractivity contribution in [3.05, 3.63) is 48.2 Å². The number of rotatable bonds is 6. The maximum absolute atomic E-state index is 13.2. The van der Waals surface area contributed by atoms with Crippen molar-refractivity contribution in [1.82, 2.24) is 34.8 Å². The van der Waals surface area contributed by atoms with Gasteiger partial charge in [-0.3, -0.25) is 0 Å². The lowest BCUT2D eigenvalue weighted by Crippen LogP contribution is -2.24. The highest BCUT2D eigenvalue weighted by Gasteiger charge is 2.31. The van der Waals surface area contributed by atoms with E-state index in [1.807, 2.05) is 6.92 Å². The van der Waals surface area contributed by atoms with E-state index in [2.05, 4.69) is 52.5 Å². The van der Waals surface area contributed by atoms with Crippen LogP contribution in [0.3, 0.4) is 0 Å². The molecule has 0 radical (unpaired) electrons. The van der Waals surface area contributed by atoms with E-state index in [0.717, 1.165) is 37.3 Å². The lowest BCUT2D eigenvalue weighted by Gasteiger charge is -2.16. The third kappa shape index (κ3) is 4.87. The van der Waals surface area contributed by atoms with Gasteiger partial charge in [0.1, 0.15) is 11.3 Å². The van der Waals surface area contributed by atoms with Crippen LogP contribution in [0.2, 0.25) is 0 Å². The van der Waals surface area contributed by atoms with E-state index in [-0.39, 0.29) is 23.1 Å². The smallest absolute Gasteiger partial charge is 0.396 e. The lowest BCUT2D eigenvalue weighted by molar-refractivity contribution is -0.137. The fourth-order valence-corrected chi connectivity index (χ4v) is 4.18. The number of hydrogen-bond acceptors (Lipinski definition) is 9. The number of aromatic nitrogens is 6. The van der Waals surface area contributed by atoms with Gasteiger partial charge in [-0.15, -0.1) is 0 Å². The van der Waals surface area contributed by atoms with Crippen molar-refractivity contribution in [3.8, 4) is 11.3 Å². The maximum atomic E-state index is 13.2. The van der Waals surface area contributed by atoms with Gasteiger partial charge in [-0.2, -0.15) is 13.2 Å². The molecule has 1 saturated heterocycles. The average molecular weight is 499 g/mol. The molecule has 4 aromatic heterocycles. The second kappa shape index (κ2) is 9.22. The molecule has 13 heteroatoms. The van der Waals surface area contributed by atoms with Crippen LogP contribution in [0.15, 0.2) is 37.1 Å². The summed E-state index contributed by atoms with van der Waals surface area (Å²) in [5.41, 5.74) is 7.27. The molecule has 5 heterocycles. The van der Waals surface area contributed by atoms with Crippen LogP contribution in [-0.4, -0.2) is 61.0 Å². The van der Waals surface area contributed by atoms with Crippen LogP contribution >= 0.6 is 0 Å². The molecule has 0 spiro atoms. The second-order valence-electron chi connectivity index (χ2n) is 8.92. The molecule has 4 aromatic rings. The monoisotopic (exact) mass is 498 g/mol. The molecule has 10 nitrogen and oxygen atoms in total. The molecule has 5 rings (SSSR count). The third-order valence-corrected chi connectivity index (χ3v) is 6.17. The summed E-state index contributed by atoms with van der Waals surface area (Å²) in [6.07, 6.45) is 3.72. The molecular formula is C23H25F3N10. The SMILES string of the molecule is C[C@@H](Nc1ncc(N)c(-c2c[nH]c3ncc(C(F)(F)F)cc23)n1)c1cnc(N[C@H]2CCN(C)C2)nc1. The minimum atomic E-state index is -4.52. The molecule has 0 aromatic carbocycles. The highest BCUT2D eigenvalue weighted by atomic mass is 19.4. The predicted octanol–water partition coefficient (Wildman–Crippen LogP) is 3.70. The van der Waals surface area contributed by atoms with Crippen molar-refractivity contribution in [2.45, 2.75) is 31.6 Å². The van der Waals surface area contributed by atoms with Crippen LogP contribution in [0, 0.1) is 0 Å². The maximum Gasteiger partial charge on any atom is 0.417 e. The van der Waals surface area contributed by atoms with Crippen LogP contribution in [0.5, 0.6) is 0 Å². The van der Waals surface area contributed by atoms with Gasteiger partial charge >= 0.3 is 6.18 Å². The Bertz CT molecular complexity index is 1370. The number of fused-ring (bicyclic) bond motifs is 1. The first-order valence-electron chi connectivity index (χ1n) is 11.4. The number of nitrogen functional groups attached to an aromatic ring is 1. The minimum Gasteiger partial charge on any atom is -0.396 e. The van der Waals surface area contributed by atoms with Gasteiger partial charge in [0.2, 0.25) is 11.9 Å². The van der Waals surface area contributed by atoms with E-state index < -0.39 is 11.7 Å². The molecule has 188 valence electrons. The number of anilines is 3. The summed E-state index contributed by atoms with van der Waals surface area (Å²) in [6.45, 7) is 3.89. The van der Waals surface area contributed by atoms with Gasteiger partial charge in [0, 0.05) is 53.9 Å². The van der Waals surface area contributed by atoms with E-state index in [1.165, 1.54) is 12.4 Å². The Morgan fingerprint density at radius 2 is 1.86 bits per heavy atom. The van der Waals surface area contributed by atoms with Gasteiger partial charge in [-0.1, -0.05) is 0 Å². The highest BCUT2D eigenvalue weighted by molar-refractivity contribution is 5.95. The van der Waals surface area contributed by atoms with Crippen molar-refractivity contribution in [3.63, 3.8) is 0 Å². The molecule has 0 saturated carbocycles. The number of halogens is 3. The second-order valence-corrected chi connectivity index (χ2v) is 8.92. The van der Waals surface area contributed by atoms with E-state index >= 15 is 0 Å². The zero-order valence-corrected chi connectivity index (χ0v) is 19.6. The Balaban J connectivity index is 1.35. The summed E-state index contributed by atoms with van der Waals surface area (Å²) < 4.78 is 39.7. The number of hydrogen-bond donors (Lipinski definition) is 4. The molecule has 0 bridgehead atoms. The summed E-state index contributed by atoms with van der Waals surface area (Å²) in [5, 5.41) is 6.79. The topological polar surface area (TPSA) is 134 Å². The van der Waals surface area contributed by atoms with Gasteiger partial charge < -0.3 is 26.3 Å². The van der Waals surface area contributed by atoms with E-state index in [4.69, 9.17) is 5.73 Å². The van der Waals surface area contributed by atoms with E-state index in [1.54, 1.807) is 12.4 Å². The molecule has 1 aliphatic heterocycles. The van der Waals surface area contributed by atoms with Crippen LogP contribution in [-0.2, 0) is 6.18 Å². The summed E-state index contributed by atoms with van der Waals surface area (Å²) in [4.78, 5) is 26.6. The number of likely N-dealkylation sites (tertiary alicyclic amines) is 1. The van der Waals surface area contributed by atoms with Crippen molar-refractivity contribution in [2.75, 3.05) is 36.5 Å². The Morgan fingerprint density at radius 1 is 1.11 bits per heavy atom. The number of nitrogens with one attached hydrogen (secondary N) is 3. The van der Waals surface area contributed by atoms with Gasteiger partial charge in [0.05, 0.1) is 23.5 Å². The normalized spacial score (nSPS) is 17.4. The fraction of sp³-hybridized carbons (Fsp3) is 0.348. The summed E-state index contributed by atoms with van der Waals surface area (Å²) in [5.74, 6) is 0.834. The minimum absolute atomic E-state index is 0.225. The summed E-state index contributed by atoms with van der Waals surface area (Å²) >= 11 is 0. The number of nitrogens with zero attached hydrogens (tertiary/aromatic N) is 6. The van der Waals surface area contributed by atoms with Crippen molar-refractivity contribution < 1.29 is 13.2 Å². The Hall–Kier alpha value is -4.00. The molecule has 2 atom stereocenters. The summed E-state index contributed by atoms with van der Waals surface area (Å²) in [6, 6.07) is 1.11. The first-order valence-corrected chi connectivity index (χ1v) is 11.4. The molecule has 1 aliphatic rings. The average Bonchev–Trinajstić information content (AvgIpc) is 3.45. The zero-order chi connectivity index (χ0) is 25.4. The van der Waals surface area contributed by atoms with Crippen molar-refractivity contribution >= 4 is 28.6 Å².